The second kappa shape index (κ2) is 6.04. The zero-order valence-corrected chi connectivity index (χ0v) is 15.7. The average molecular weight is 395 g/mol. The SMILES string of the molecule is O=C1c2oc3ccccc3c(=O)c2[C@H](c2ccccc2)N1[C@@H]1CCS(=O)(=O)C1. The summed E-state index contributed by atoms with van der Waals surface area (Å²) in [5.41, 5.74) is 1.16. The van der Waals surface area contributed by atoms with Crippen LogP contribution in [0.4, 0.5) is 0 Å². The van der Waals surface area contributed by atoms with Gasteiger partial charge in [0.2, 0.25) is 5.76 Å². The first kappa shape index (κ1) is 17.2. The number of para-hydroxylation sites is 1. The van der Waals surface area contributed by atoms with Crippen molar-refractivity contribution in [2.45, 2.75) is 18.5 Å². The molecule has 2 aromatic carbocycles. The fourth-order valence-corrected chi connectivity index (χ4v) is 5.98. The van der Waals surface area contributed by atoms with Gasteiger partial charge in [-0.2, -0.15) is 0 Å². The van der Waals surface area contributed by atoms with E-state index in [1.807, 2.05) is 30.3 Å². The van der Waals surface area contributed by atoms with Crippen LogP contribution in [0.25, 0.3) is 11.0 Å². The summed E-state index contributed by atoms with van der Waals surface area (Å²) in [5, 5.41) is 0.413. The van der Waals surface area contributed by atoms with Gasteiger partial charge in [0, 0.05) is 6.04 Å². The Morgan fingerprint density at radius 1 is 0.964 bits per heavy atom. The number of amides is 1. The van der Waals surface area contributed by atoms with E-state index in [4.69, 9.17) is 4.42 Å². The molecule has 0 N–H and O–H groups in total. The molecule has 5 rings (SSSR count). The highest BCUT2D eigenvalue weighted by Gasteiger charge is 2.48. The molecule has 28 heavy (non-hydrogen) atoms. The molecule has 0 saturated carbocycles. The zero-order valence-electron chi connectivity index (χ0n) is 14.9. The first-order valence-corrected chi connectivity index (χ1v) is 10.9. The smallest absolute Gasteiger partial charge is 0.291 e. The van der Waals surface area contributed by atoms with Gasteiger partial charge in [0.25, 0.3) is 5.91 Å². The Morgan fingerprint density at radius 3 is 2.39 bits per heavy atom. The van der Waals surface area contributed by atoms with E-state index in [0.717, 1.165) is 5.56 Å². The largest absolute Gasteiger partial charge is 0.450 e. The van der Waals surface area contributed by atoms with Crippen LogP contribution in [0.1, 0.15) is 34.1 Å². The summed E-state index contributed by atoms with van der Waals surface area (Å²) in [6.45, 7) is 0. The van der Waals surface area contributed by atoms with Crippen LogP contribution in [-0.2, 0) is 9.84 Å². The lowest BCUT2D eigenvalue weighted by molar-refractivity contribution is 0.0662. The highest BCUT2D eigenvalue weighted by Crippen LogP contribution is 2.41. The molecule has 0 bridgehead atoms. The molecule has 142 valence electrons. The second-order valence-corrected chi connectivity index (χ2v) is 9.48. The Labute approximate surface area is 161 Å². The van der Waals surface area contributed by atoms with Crippen LogP contribution in [0.2, 0.25) is 0 Å². The monoisotopic (exact) mass is 395 g/mol. The van der Waals surface area contributed by atoms with Crippen molar-refractivity contribution in [1.82, 2.24) is 4.90 Å². The van der Waals surface area contributed by atoms with Gasteiger partial charge in [0.1, 0.15) is 5.58 Å². The van der Waals surface area contributed by atoms with Gasteiger partial charge in [0.15, 0.2) is 15.3 Å². The maximum atomic E-state index is 13.3. The van der Waals surface area contributed by atoms with Gasteiger partial charge in [-0.05, 0) is 24.1 Å². The third-order valence-corrected chi connectivity index (χ3v) is 7.28. The third kappa shape index (κ3) is 2.50. The summed E-state index contributed by atoms with van der Waals surface area (Å²) < 4.78 is 30.0. The fraction of sp³-hybridized carbons (Fsp3) is 0.238. The fourth-order valence-electron chi connectivity index (χ4n) is 4.27. The predicted octanol–water partition coefficient (Wildman–Crippen LogP) is 2.53. The van der Waals surface area contributed by atoms with E-state index in [2.05, 4.69) is 0 Å². The molecule has 0 radical (unpaired) electrons. The molecule has 6 nitrogen and oxygen atoms in total. The molecule has 3 aromatic rings. The minimum atomic E-state index is -3.20. The molecule has 0 unspecified atom stereocenters. The van der Waals surface area contributed by atoms with E-state index < -0.39 is 27.8 Å². The van der Waals surface area contributed by atoms with Crippen LogP contribution in [0, 0.1) is 0 Å². The predicted molar refractivity (Wildman–Crippen MR) is 104 cm³/mol. The van der Waals surface area contributed by atoms with E-state index in [-0.39, 0.29) is 22.7 Å². The van der Waals surface area contributed by atoms with Gasteiger partial charge in [-0.25, -0.2) is 8.42 Å². The Hall–Kier alpha value is -2.93. The molecule has 3 heterocycles. The molecule has 7 heteroatoms. The number of carbonyl (C=O) groups is 1. The standard InChI is InChI=1S/C21H17NO5S/c23-19-15-8-4-5-9-16(15)27-20-17(19)18(13-6-2-1-3-7-13)22(21(20)24)14-10-11-28(25,26)12-14/h1-9,14,18H,10-12H2/t14-,18+/m1/s1. The molecule has 1 fully saturated rings. The molecular formula is C21H17NO5S. The summed E-state index contributed by atoms with van der Waals surface area (Å²) in [7, 11) is -3.20. The number of benzene rings is 2. The lowest BCUT2D eigenvalue weighted by atomic mass is 9.97. The molecule has 1 saturated heterocycles. The Bertz CT molecular complexity index is 1260. The summed E-state index contributed by atoms with van der Waals surface area (Å²) in [6, 6.07) is 14.9. The second-order valence-electron chi connectivity index (χ2n) is 7.25. The first-order valence-electron chi connectivity index (χ1n) is 9.10. The van der Waals surface area contributed by atoms with Crippen LogP contribution in [0.15, 0.2) is 63.8 Å². The molecule has 2 aliphatic heterocycles. The van der Waals surface area contributed by atoms with Crippen molar-refractivity contribution in [3.63, 3.8) is 0 Å². The van der Waals surface area contributed by atoms with E-state index in [1.54, 1.807) is 24.3 Å². The first-order chi connectivity index (χ1) is 13.5. The molecule has 0 spiro atoms. The molecule has 0 aliphatic carbocycles. The van der Waals surface area contributed by atoms with E-state index in [9.17, 15) is 18.0 Å². The van der Waals surface area contributed by atoms with E-state index >= 15 is 0 Å². The summed E-state index contributed by atoms with van der Waals surface area (Å²) in [5.74, 6) is -0.456. The van der Waals surface area contributed by atoms with Gasteiger partial charge in [-0.15, -0.1) is 0 Å². The van der Waals surface area contributed by atoms with Gasteiger partial charge in [-0.1, -0.05) is 42.5 Å². The number of rotatable bonds is 2. The average Bonchev–Trinajstić information content (AvgIpc) is 3.20. The van der Waals surface area contributed by atoms with Crippen molar-refractivity contribution < 1.29 is 17.6 Å². The number of nitrogens with zero attached hydrogens (tertiary/aromatic N) is 1. The number of carbonyl (C=O) groups excluding carboxylic acids is 1. The summed E-state index contributed by atoms with van der Waals surface area (Å²) in [6.07, 6.45) is 0.360. The maximum Gasteiger partial charge on any atom is 0.291 e. The van der Waals surface area contributed by atoms with Crippen molar-refractivity contribution in [3.8, 4) is 0 Å². The highest BCUT2D eigenvalue weighted by molar-refractivity contribution is 7.91. The van der Waals surface area contributed by atoms with E-state index in [0.29, 0.717) is 23.0 Å². The van der Waals surface area contributed by atoms with Crippen LogP contribution in [0.5, 0.6) is 0 Å². The van der Waals surface area contributed by atoms with Crippen LogP contribution in [0.3, 0.4) is 0 Å². The Morgan fingerprint density at radius 2 is 1.68 bits per heavy atom. The lowest BCUT2D eigenvalue weighted by Gasteiger charge is -2.30. The van der Waals surface area contributed by atoms with Crippen molar-refractivity contribution >= 4 is 26.7 Å². The minimum Gasteiger partial charge on any atom is -0.450 e. The molecular weight excluding hydrogens is 378 g/mol. The number of hydrogen-bond acceptors (Lipinski definition) is 5. The third-order valence-electron chi connectivity index (χ3n) is 5.53. The Kier molecular flexibility index (Phi) is 3.71. The quantitative estimate of drug-likeness (QED) is 0.666. The van der Waals surface area contributed by atoms with Gasteiger partial charge in [-0.3, -0.25) is 9.59 Å². The number of fused-ring (bicyclic) bond motifs is 2. The maximum absolute atomic E-state index is 13.3. The lowest BCUT2D eigenvalue weighted by Crippen LogP contribution is -2.40. The highest BCUT2D eigenvalue weighted by atomic mass is 32.2. The van der Waals surface area contributed by atoms with Crippen molar-refractivity contribution in [1.29, 1.82) is 0 Å². The Balaban J connectivity index is 1.76. The molecule has 1 amide bonds. The van der Waals surface area contributed by atoms with Gasteiger partial charge >= 0.3 is 0 Å². The minimum absolute atomic E-state index is 0.0156. The van der Waals surface area contributed by atoms with Crippen molar-refractivity contribution in [3.05, 3.63) is 81.7 Å². The molecule has 2 aliphatic rings. The van der Waals surface area contributed by atoms with Gasteiger partial charge < -0.3 is 9.32 Å². The van der Waals surface area contributed by atoms with Gasteiger partial charge in [0.05, 0.1) is 28.5 Å². The topological polar surface area (TPSA) is 84.7 Å². The van der Waals surface area contributed by atoms with Crippen LogP contribution >= 0.6 is 0 Å². The van der Waals surface area contributed by atoms with Crippen LogP contribution in [-0.4, -0.2) is 36.8 Å². The van der Waals surface area contributed by atoms with Crippen LogP contribution < -0.4 is 5.43 Å². The summed E-state index contributed by atoms with van der Waals surface area (Å²) >= 11 is 0. The molecule has 2 atom stereocenters. The normalized spacial score (nSPS) is 23.3. The number of hydrogen-bond donors (Lipinski definition) is 0. The van der Waals surface area contributed by atoms with E-state index in [1.165, 1.54) is 4.90 Å². The number of sulfone groups is 1. The zero-order chi connectivity index (χ0) is 19.5. The van der Waals surface area contributed by atoms with Crippen molar-refractivity contribution in [2.75, 3.05) is 11.5 Å². The van der Waals surface area contributed by atoms with Crippen molar-refractivity contribution in [2.24, 2.45) is 0 Å². The molecule has 1 aromatic heterocycles. The summed E-state index contributed by atoms with van der Waals surface area (Å²) in [4.78, 5) is 28.1.